The van der Waals surface area contributed by atoms with Crippen molar-refractivity contribution >= 4 is 31.0 Å². The minimum absolute atomic E-state index is 0.0657. The second-order valence-corrected chi connectivity index (χ2v) is 17.2. The fourth-order valence-corrected chi connectivity index (χ4v) is 10.2. The van der Waals surface area contributed by atoms with Crippen LogP contribution < -0.4 is 21.3 Å². The van der Waals surface area contributed by atoms with Crippen molar-refractivity contribution in [3.05, 3.63) is 107 Å². The summed E-state index contributed by atoms with van der Waals surface area (Å²) in [5, 5.41) is 13.8. The molecule has 4 atom stereocenters. The lowest BCUT2D eigenvalue weighted by molar-refractivity contribution is 0.566. The van der Waals surface area contributed by atoms with Gasteiger partial charge in [-0.05, 0) is 131 Å². The largest absolute Gasteiger partial charge is 0.381 e. The van der Waals surface area contributed by atoms with Gasteiger partial charge in [0, 0.05) is 41.4 Å². The smallest absolute Gasteiger partial charge is 0.206 e. The second-order valence-electron chi connectivity index (χ2n) is 13.3. The molecule has 0 saturated carbocycles. The van der Waals surface area contributed by atoms with E-state index in [2.05, 4.69) is 21.3 Å². The van der Waals surface area contributed by atoms with Gasteiger partial charge in [0.25, 0.3) is 0 Å². The minimum Gasteiger partial charge on any atom is -0.381 e. The van der Waals surface area contributed by atoms with E-state index in [0.29, 0.717) is 27.8 Å². The summed E-state index contributed by atoms with van der Waals surface area (Å²) >= 11 is 0. The summed E-state index contributed by atoms with van der Waals surface area (Å²) in [5.41, 5.74) is 5.21. The molecule has 8 nitrogen and oxygen atoms in total. The number of halogens is 2. The van der Waals surface area contributed by atoms with Crippen LogP contribution in [0.1, 0.15) is 54.2 Å². The lowest BCUT2D eigenvalue weighted by Gasteiger charge is -2.16. The lowest BCUT2D eigenvalue weighted by atomic mass is 9.91. The molecular formula is C37H40F2N4O4S2. The van der Waals surface area contributed by atoms with Crippen molar-refractivity contribution in [2.45, 2.75) is 76.1 Å². The Morgan fingerprint density at radius 2 is 0.959 bits per heavy atom. The number of sulfone groups is 2. The fourth-order valence-electron chi connectivity index (χ4n) is 7.54. The Kier molecular flexibility index (Phi) is 9.25. The van der Waals surface area contributed by atoms with Crippen LogP contribution in [0.2, 0.25) is 0 Å². The molecule has 4 heterocycles. The van der Waals surface area contributed by atoms with E-state index in [4.69, 9.17) is 0 Å². The van der Waals surface area contributed by atoms with Gasteiger partial charge in [0.2, 0.25) is 19.7 Å². The Hall–Kier alpha value is -3.84. The van der Waals surface area contributed by atoms with Gasteiger partial charge in [-0.25, -0.2) is 25.6 Å². The van der Waals surface area contributed by atoms with Crippen molar-refractivity contribution in [3.63, 3.8) is 0 Å². The maximum Gasteiger partial charge on any atom is 0.206 e. The van der Waals surface area contributed by atoms with Crippen LogP contribution in [-0.4, -0.2) is 55.1 Å². The zero-order valence-corrected chi connectivity index (χ0v) is 28.8. The van der Waals surface area contributed by atoms with Gasteiger partial charge in [0.1, 0.15) is 11.6 Å². The molecule has 2 fully saturated rings. The van der Waals surface area contributed by atoms with E-state index in [-0.39, 0.29) is 21.8 Å². The summed E-state index contributed by atoms with van der Waals surface area (Å²) in [4.78, 5) is 0.453. The van der Waals surface area contributed by atoms with Crippen LogP contribution in [0.3, 0.4) is 0 Å². The molecule has 4 N–H and O–H groups in total. The SMILES string of the molecule is Cc1ccc(S(=O)(=O)c2ccc3c(c2)[C@@H]2CCNCC[C@@H]2N3)cc1.O=S(=O)(c1cc(F)cc(F)c1)c1ccc2c(c1)[C@@H]1CCNCC[C@@H]1N2. The maximum absolute atomic E-state index is 13.4. The maximum atomic E-state index is 13.4. The van der Waals surface area contributed by atoms with Crippen LogP contribution in [0.5, 0.6) is 0 Å². The zero-order valence-electron chi connectivity index (χ0n) is 27.2. The topological polar surface area (TPSA) is 116 Å². The molecule has 12 heteroatoms. The zero-order chi connectivity index (χ0) is 34.3. The van der Waals surface area contributed by atoms with E-state index in [1.807, 2.05) is 31.2 Å². The average molecular weight is 707 g/mol. The molecule has 4 aliphatic heterocycles. The predicted molar refractivity (Wildman–Crippen MR) is 186 cm³/mol. The molecule has 258 valence electrons. The lowest BCUT2D eigenvalue weighted by Crippen LogP contribution is -2.21. The van der Waals surface area contributed by atoms with Gasteiger partial charge in [-0.3, -0.25) is 0 Å². The molecule has 0 radical (unpaired) electrons. The third-order valence-electron chi connectivity index (χ3n) is 10.1. The first-order valence-corrected chi connectivity index (χ1v) is 19.7. The van der Waals surface area contributed by atoms with Gasteiger partial charge in [0.05, 0.1) is 19.6 Å². The number of rotatable bonds is 4. The molecule has 0 amide bonds. The Morgan fingerprint density at radius 3 is 1.45 bits per heavy atom. The number of benzene rings is 4. The summed E-state index contributed by atoms with van der Waals surface area (Å²) in [6.45, 7) is 5.76. The third kappa shape index (κ3) is 6.71. The highest BCUT2D eigenvalue weighted by Crippen LogP contribution is 2.43. The van der Waals surface area contributed by atoms with Crippen LogP contribution >= 0.6 is 0 Å². The van der Waals surface area contributed by atoms with Gasteiger partial charge in [-0.15, -0.1) is 0 Å². The molecular weight excluding hydrogens is 667 g/mol. The Labute approximate surface area is 286 Å². The van der Waals surface area contributed by atoms with Crippen molar-refractivity contribution in [1.82, 2.24) is 10.6 Å². The van der Waals surface area contributed by atoms with Crippen LogP contribution in [0.15, 0.2) is 98.4 Å². The molecule has 4 aromatic rings. The second kappa shape index (κ2) is 13.5. The normalized spacial score (nSPS) is 22.8. The van der Waals surface area contributed by atoms with Crippen LogP contribution in [-0.2, 0) is 19.7 Å². The van der Waals surface area contributed by atoms with Crippen molar-refractivity contribution < 1.29 is 25.6 Å². The Morgan fingerprint density at radius 1 is 0.531 bits per heavy atom. The molecule has 0 unspecified atom stereocenters. The number of anilines is 2. The summed E-state index contributed by atoms with van der Waals surface area (Å²) in [7, 11) is -7.44. The number of hydrogen-bond acceptors (Lipinski definition) is 8. The van der Waals surface area contributed by atoms with E-state index in [9.17, 15) is 25.6 Å². The molecule has 2 saturated heterocycles. The Balaban J connectivity index is 0.000000154. The van der Waals surface area contributed by atoms with Crippen molar-refractivity contribution in [2.24, 2.45) is 0 Å². The third-order valence-corrected chi connectivity index (χ3v) is 13.6. The quantitative estimate of drug-likeness (QED) is 0.200. The predicted octanol–water partition coefficient (Wildman–Crippen LogP) is 6.15. The van der Waals surface area contributed by atoms with Crippen molar-refractivity contribution in [1.29, 1.82) is 0 Å². The minimum atomic E-state index is -3.98. The molecule has 49 heavy (non-hydrogen) atoms. The van der Waals surface area contributed by atoms with Crippen LogP contribution in [0, 0.1) is 18.6 Å². The van der Waals surface area contributed by atoms with Crippen molar-refractivity contribution in [2.75, 3.05) is 36.8 Å². The first-order valence-electron chi connectivity index (χ1n) is 16.8. The standard InChI is InChI=1S/C19H22N2O2S.C18H18F2N2O2S/c1-13-2-4-14(5-3-13)24(22,23)15-6-7-18-17(12-15)16-8-10-20-11-9-19(16)21-18;19-11-7-12(20)9-14(8-11)25(23,24)13-1-2-17-16(10-13)15-3-5-21-6-4-18(15)22-17/h2-7,12,16,19-21H,8-11H2,1H3;1-2,7-10,15,18,21-22H,3-6H2/t16-,19-;15-,18-/m00/s1. The van der Waals surface area contributed by atoms with E-state index in [0.717, 1.165) is 92.1 Å². The van der Waals surface area contributed by atoms with E-state index >= 15 is 0 Å². The molecule has 0 spiro atoms. The van der Waals surface area contributed by atoms with Gasteiger partial charge in [-0.1, -0.05) is 17.7 Å². The fraction of sp³-hybridized carbons (Fsp3) is 0.351. The summed E-state index contributed by atoms with van der Waals surface area (Å²) in [5.74, 6) is -1.18. The van der Waals surface area contributed by atoms with Crippen molar-refractivity contribution in [3.8, 4) is 0 Å². The highest BCUT2D eigenvalue weighted by atomic mass is 32.2. The summed E-state index contributed by atoms with van der Waals surface area (Å²) in [6.07, 6.45) is 4.00. The van der Waals surface area contributed by atoms with Gasteiger partial charge in [0.15, 0.2) is 0 Å². The van der Waals surface area contributed by atoms with Gasteiger partial charge < -0.3 is 21.3 Å². The highest BCUT2D eigenvalue weighted by Gasteiger charge is 2.35. The first-order chi connectivity index (χ1) is 23.5. The molecule has 0 aromatic heterocycles. The Bertz CT molecular complexity index is 2070. The average Bonchev–Trinajstić information content (AvgIpc) is 3.36. The number of aryl methyl sites for hydroxylation is 1. The van der Waals surface area contributed by atoms with Crippen LogP contribution in [0.4, 0.5) is 20.2 Å². The monoisotopic (exact) mass is 706 g/mol. The highest BCUT2D eigenvalue weighted by molar-refractivity contribution is 7.91. The van der Waals surface area contributed by atoms with Gasteiger partial charge >= 0.3 is 0 Å². The van der Waals surface area contributed by atoms with E-state index in [1.165, 1.54) is 6.07 Å². The summed E-state index contributed by atoms with van der Waals surface area (Å²) < 4.78 is 78.4. The number of nitrogens with one attached hydrogen (secondary N) is 4. The number of hydrogen-bond donors (Lipinski definition) is 4. The van der Waals surface area contributed by atoms with E-state index < -0.39 is 31.3 Å². The molecule has 4 aliphatic rings. The molecule has 8 rings (SSSR count). The summed E-state index contributed by atoms with van der Waals surface area (Å²) in [6, 6.07) is 20.5. The molecule has 0 bridgehead atoms. The van der Waals surface area contributed by atoms with E-state index in [1.54, 1.807) is 30.3 Å². The molecule has 0 aliphatic carbocycles. The molecule has 4 aromatic carbocycles. The van der Waals surface area contributed by atoms with Gasteiger partial charge in [-0.2, -0.15) is 0 Å². The van der Waals surface area contributed by atoms with Crippen LogP contribution in [0.25, 0.3) is 0 Å². The number of fused-ring (bicyclic) bond motifs is 6. The first kappa shape index (κ1) is 33.6.